The Balaban J connectivity index is 1.75. The second-order valence-corrected chi connectivity index (χ2v) is 5.70. The summed E-state index contributed by atoms with van der Waals surface area (Å²) < 4.78 is 46.3. The lowest BCUT2D eigenvalue weighted by atomic mass is 9.93. The molecule has 116 valence electrons. The first-order valence-corrected chi connectivity index (χ1v) is 7.45. The monoisotopic (exact) mass is 314 g/mol. The molecule has 1 nitrogen and oxygen atoms in total. The molecule has 0 saturated carbocycles. The third-order valence-corrected chi connectivity index (χ3v) is 4.31. The zero-order chi connectivity index (χ0) is 16.0. The van der Waals surface area contributed by atoms with Crippen LogP contribution in [0.1, 0.15) is 23.7 Å². The standard InChI is InChI=1S/C19H13F3O/c20-15-10-17(22)16(21)9-14(15)19-8-6-13-12-4-2-1-3-11(12)5-7-18(13)23-19/h1-5,7,9-10,19H,6,8H2. The minimum Gasteiger partial charge on any atom is -0.485 e. The van der Waals surface area contributed by atoms with Crippen molar-refractivity contribution in [3.8, 4) is 5.75 Å². The van der Waals surface area contributed by atoms with Crippen molar-refractivity contribution < 1.29 is 17.9 Å². The molecule has 3 aromatic carbocycles. The third-order valence-electron chi connectivity index (χ3n) is 4.31. The van der Waals surface area contributed by atoms with Crippen molar-refractivity contribution in [2.75, 3.05) is 0 Å². The quantitative estimate of drug-likeness (QED) is 0.552. The van der Waals surface area contributed by atoms with Crippen LogP contribution in [0.25, 0.3) is 10.8 Å². The van der Waals surface area contributed by atoms with Gasteiger partial charge in [-0.25, -0.2) is 13.2 Å². The molecular weight excluding hydrogens is 301 g/mol. The number of hydrogen-bond donors (Lipinski definition) is 0. The highest BCUT2D eigenvalue weighted by atomic mass is 19.2. The van der Waals surface area contributed by atoms with Crippen molar-refractivity contribution in [3.05, 3.63) is 77.1 Å². The molecule has 4 rings (SSSR count). The van der Waals surface area contributed by atoms with E-state index in [4.69, 9.17) is 4.74 Å². The van der Waals surface area contributed by atoms with Crippen LogP contribution in [-0.4, -0.2) is 0 Å². The molecule has 0 amide bonds. The number of rotatable bonds is 1. The summed E-state index contributed by atoms with van der Waals surface area (Å²) in [4.78, 5) is 0. The van der Waals surface area contributed by atoms with Gasteiger partial charge in [-0.2, -0.15) is 0 Å². The SMILES string of the molecule is Fc1cc(F)c(C2CCc3c(ccc4ccccc34)O2)cc1F. The molecule has 4 heteroatoms. The van der Waals surface area contributed by atoms with Crippen LogP contribution in [0.5, 0.6) is 5.75 Å². The summed E-state index contributed by atoms with van der Waals surface area (Å²) in [6.45, 7) is 0. The molecule has 0 N–H and O–H groups in total. The first-order chi connectivity index (χ1) is 11.1. The van der Waals surface area contributed by atoms with Crippen molar-refractivity contribution in [1.29, 1.82) is 0 Å². The van der Waals surface area contributed by atoms with Crippen LogP contribution in [0.4, 0.5) is 13.2 Å². The topological polar surface area (TPSA) is 9.23 Å². The van der Waals surface area contributed by atoms with Crippen molar-refractivity contribution >= 4 is 10.8 Å². The molecule has 0 aliphatic carbocycles. The average Bonchev–Trinajstić information content (AvgIpc) is 2.57. The first-order valence-electron chi connectivity index (χ1n) is 7.45. The van der Waals surface area contributed by atoms with Gasteiger partial charge in [-0.05, 0) is 35.7 Å². The van der Waals surface area contributed by atoms with Gasteiger partial charge in [0.25, 0.3) is 0 Å². The van der Waals surface area contributed by atoms with Crippen molar-refractivity contribution in [3.63, 3.8) is 0 Å². The number of benzene rings is 3. The van der Waals surface area contributed by atoms with Gasteiger partial charge in [0, 0.05) is 17.2 Å². The molecule has 0 radical (unpaired) electrons. The van der Waals surface area contributed by atoms with Crippen LogP contribution in [0.15, 0.2) is 48.5 Å². The summed E-state index contributed by atoms with van der Waals surface area (Å²) in [7, 11) is 0. The van der Waals surface area contributed by atoms with Crippen LogP contribution in [-0.2, 0) is 6.42 Å². The summed E-state index contributed by atoms with van der Waals surface area (Å²) in [6.07, 6.45) is 0.599. The largest absolute Gasteiger partial charge is 0.485 e. The van der Waals surface area contributed by atoms with Crippen molar-refractivity contribution in [2.24, 2.45) is 0 Å². The molecule has 3 aromatic rings. The number of ether oxygens (including phenoxy) is 1. The van der Waals surface area contributed by atoms with E-state index >= 15 is 0 Å². The Labute approximate surface area is 131 Å². The molecule has 1 atom stereocenters. The highest BCUT2D eigenvalue weighted by molar-refractivity contribution is 5.88. The van der Waals surface area contributed by atoms with Crippen LogP contribution < -0.4 is 4.74 Å². The van der Waals surface area contributed by atoms with Gasteiger partial charge in [-0.1, -0.05) is 30.3 Å². The Morgan fingerprint density at radius 3 is 2.52 bits per heavy atom. The van der Waals surface area contributed by atoms with E-state index in [9.17, 15) is 13.2 Å². The van der Waals surface area contributed by atoms with E-state index in [1.807, 2.05) is 36.4 Å². The molecule has 0 fully saturated rings. The number of hydrogen-bond acceptors (Lipinski definition) is 1. The molecular formula is C19H13F3O. The van der Waals surface area contributed by atoms with Gasteiger partial charge in [0.2, 0.25) is 0 Å². The van der Waals surface area contributed by atoms with Crippen LogP contribution in [0, 0.1) is 17.5 Å². The molecule has 1 aliphatic rings. The van der Waals surface area contributed by atoms with Crippen molar-refractivity contribution in [1.82, 2.24) is 0 Å². The highest BCUT2D eigenvalue weighted by Crippen LogP contribution is 2.39. The minimum atomic E-state index is -1.19. The summed E-state index contributed by atoms with van der Waals surface area (Å²) in [5, 5.41) is 2.22. The van der Waals surface area contributed by atoms with E-state index < -0.39 is 23.6 Å². The predicted octanol–water partition coefficient (Wildman–Crippen LogP) is 5.32. The Morgan fingerprint density at radius 2 is 1.65 bits per heavy atom. The molecule has 0 saturated heterocycles. The first kappa shape index (κ1) is 14.1. The van der Waals surface area contributed by atoms with Crippen LogP contribution >= 0.6 is 0 Å². The van der Waals surface area contributed by atoms with E-state index in [1.165, 1.54) is 0 Å². The summed E-state index contributed by atoms with van der Waals surface area (Å²) in [5.41, 5.74) is 1.13. The van der Waals surface area contributed by atoms with Gasteiger partial charge in [0.05, 0.1) is 0 Å². The molecule has 1 heterocycles. The normalized spacial score (nSPS) is 16.9. The Kier molecular flexibility index (Phi) is 3.26. The maximum Gasteiger partial charge on any atom is 0.161 e. The van der Waals surface area contributed by atoms with Crippen molar-refractivity contribution in [2.45, 2.75) is 18.9 Å². The molecule has 0 spiro atoms. The molecule has 0 aromatic heterocycles. The lowest BCUT2D eigenvalue weighted by Crippen LogP contribution is -2.17. The third kappa shape index (κ3) is 2.34. The summed E-state index contributed by atoms with van der Waals surface area (Å²) >= 11 is 0. The fourth-order valence-corrected chi connectivity index (χ4v) is 3.18. The smallest absolute Gasteiger partial charge is 0.161 e. The van der Waals surface area contributed by atoms with E-state index in [1.54, 1.807) is 0 Å². The van der Waals surface area contributed by atoms with Gasteiger partial charge < -0.3 is 4.74 Å². The molecule has 23 heavy (non-hydrogen) atoms. The van der Waals surface area contributed by atoms with Gasteiger partial charge in [0.15, 0.2) is 11.6 Å². The van der Waals surface area contributed by atoms with Crippen LogP contribution in [0.3, 0.4) is 0 Å². The van der Waals surface area contributed by atoms with Crippen LogP contribution in [0.2, 0.25) is 0 Å². The van der Waals surface area contributed by atoms with E-state index in [-0.39, 0.29) is 5.56 Å². The highest BCUT2D eigenvalue weighted by Gasteiger charge is 2.26. The summed E-state index contributed by atoms with van der Waals surface area (Å²) in [5.74, 6) is -2.36. The maximum absolute atomic E-state index is 14.0. The number of aryl methyl sites for hydroxylation is 1. The molecule has 0 bridgehead atoms. The van der Waals surface area contributed by atoms with E-state index in [0.29, 0.717) is 24.7 Å². The fraction of sp³-hybridized carbons (Fsp3) is 0.158. The minimum absolute atomic E-state index is 0.0581. The lowest BCUT2D eigenvalue weighted by Gasteiger charge is -2.27. The van der Waals surface area contributed by atoms with Gasteiger partial charge in [0.1, 0.15) is 17.7 Å². The number of halogens is 3. The maximum atomic E-state index is 14.0. The van der Waals surface area contributed by atoms with E-state index in [0.717, 1.165) is 22.4 Å². The molecule has 1 unspecified atom stereocenters. The molecule has 1 aliphatic heterocycles. The van der Waals surface area contributed by atoms with Gasteiger partial charge in [-0.3, -0.25) is 0 Å². The zero-order valence-electron chi connectivity index (χ0n) is 12.2. The fourth-order valence-electron chi connectivity index (χ4n) is 3.18. The van der Waals surface area contributed by atoms with Gasteiger partial charge >= 0.3 is 0 Å². The predicted molar refractivity (Wildman–Crippen MR) is 82.0 cm³/mol. The average molecular weight is 314 g/mol. The second kappa shape index (κ2) is 5.30. The Hall–Kier alpha value is -2.49. The van der Waals surface area contributed by atoms with E-state index in [2.05, 4.69) is 0 Å². The summed E-state index contributed by atoms with van der Waals surface area (Å²) in [6, 6.07) is 13.2. The Bertz CT molecular complexity index is 905. The second-order valence-electron chi connectivity index (χ2n) is 5.70. The lowest BCUT2D eigenvalue weighted by molar-refractivity contribution is 0.172. The number of fused-ring (bicyclic) bond motifs is 3. The van der Waals surface area contributed by atoms with Gasteiger partial charge in [-0.15, -0.1) is 0 Å². The zero-order valence-corrected chi connectivity index (χ0v) is 12.2. The Morgan fingerprint density at radius 1 is 0.870 bits per heavy atom.